The Bertz CT molecular complexity index is 958. The van der Waals surface area contributed by atoms with Crippen molar-refractivity contribution in [2.75, 3.05) is 26.2 Å². The van der Waals surface area contributed by atoms with E-state index in [1.807, 2.05) is 6.92 Å². The molecule has 7 heteroatoms. The molecule has 1 fully saturated rings. The summed E-state index contributed by atoms with van der Waals surface area (Å²) in [4.78, 5) is 44.5. The van der Waals surface area contributed by atoms with Gasteiger partial charge in [-0.2, -0.15) is 0 Å². The van der Waals surface area contributed by atoms with Crippen molar-refractivity contribution >= 4 is 29.2 Å². The third kappa shape index (κ3) is 3.33. The molecule has 1 saturated heterocycles. The minimum absolute atomic E-state index is 0.0771. The van der Waals surface area contributed by atoms with Crippen molar-refractivity contribution in [3.63, 3.8) is 0 Å². The highest BCUT2D eigenvalue weighted by atomic mass is 35.5. The summed E-state index contributed by atoms with van der Waals surface area (Å²) in [6.45, 7) is 3.69. The zero-order valence-corrected chi connectivity index (χ0v) is 16.5. The summed E-state index contributed by atoms with van der Waals surface area (Å²) in [6.07, 6.45) is 2.17. The fourth-order valence-electron chi connectivity index (χ4n) is 4.06. The van der Waals surface area contributed by atoms with Crippen LogP contribution in [-0.4, -0.2) is 58.6 Å². The molecule has 0 saturated carbocycles. The van der Waals surface area contributed by atoms with Crippen LogP contribution < -0.4 is 0 Å². The predicted molar refractivity (Wildman–Crippen MR) is 106 cm³/mol. The van der Waals surface area contributed by atoms with Crippen molar-refractivity contribution in [2.24, 2.45) is 0 Å². The average Bonchev–Trinajstić information content (AvgIpc) is 3.05. The number of carbonyl (C=O) groups excluding carboxylic acids is 3. The first kappa shape index (κ1) is 18.7. The van der Waals surface area contributed by atoms with Crippen LogP contribution in [0.1, 0.15) is 55.3 Å². The van der Waals surface area contributed by atoms with Gasteiger partial charge in [-0.3, -0.25) is 14.4 Å². The molecule has 2 aromatic rings. The molecular weight excluding hydrogens is 378 g/mol. The van der Waals surface area contributed by atoms with Gasteiger partial charge in [0.15, 0.2) is 5.78 Å². The number of piperazine rings is 1. The molecule has 2 heterocycles. The number of aromatic amines is 1. The zero-order chi connectivity index (χ0) is 19.8. The Morgan fingerprint density at radius 1 is 1.04 bits per heavy atom. The summed E-state index contributed by atoms with van der Waals surface area (Å²) in [7, 11) is 0. The molecule has 1 N–H and O–H groups in total. The van der Waals surface area contributed by atoms with E-state index >= 15 is 0 Å². The molecule has 146 valence electrons. The normalized spacial score (nSPS) is 16.9. The number of amides is 2. The Morgan fingerprint density at radius 2 is 1.71 bits per heavy atom. The number of carbonyl (C=O) groups is 3. The molecule has 0 radical (unpaired) electrons. The molecular formula is C21H22ClN3O3. The summed E-state index contributed by atoms with van der Waals surface area (Å²) in [5, 5.41) is 0.528. The highest BCUT2D eigenvalue weighted by Crippen LogP contribution is 2.27. The number of halogens is 1. The van der Waals surface area contributed by atoms with E-state index in [0.29, 0.717) is 54.4 Å². The van der Waals surface area contributed by atoms with Gasteiger partial charge >= 0.3 is 0 Å². The minimum Gasteiger partial charge on any atom is -0.354 e. The number of hydrogen-bond donors (Lipinski definition) is 1. The molecule has 2 amide bonds. The second-order valence-electron chi connectivity index (χ2n) is 7.35. The lowest BCUT2D eigenvalue weighted by atomic mass is 9.93. The summed E-state index contributed by atoms with van der Waals surface area (Å²) < 4.78 is 0. The van der Waals surface area contributed by atoms with E-state index in [1.54, 1.807) is 34.1 Å². The van der Waals surface area contributed by atoms with E-state index in [2.05, 4.69) is 4.98 Å². The van der Waals surface area contributed by atoms with Crippen LogP contribution in [0.3, 0.4) is 0 Å². The quantitative estimate of drug-likeness (QED) is 0.843. The number of aryl methyl sites for hydroxylation is 1. The Morgan fingerprint density at radius 3 is 2.36 bits per heavy atom. The van der Waals surface area contributed by atoms with Crippen molar-refractivity contribution in [1.82, 2.24) is 14.8 Å². The van der Waals surface area contributed by atoms with E-state index in [-0.39, 0.29) is 17.6 Å². The first-order chi connectivity index (χ1) is 13.5. The molecule has 1 aliphatic heterocycles. The number of benzene rings is 1. The molecule has 6 nitrogen and oxygen atoms in total. The van der Waals surface area contributed by atoms with Crippen LogP contribution >= 0.6 is 11.6 Å². The number of hydrogen-bond acceptors (Lipinski definition) is 3. The van der Waals surface area contributed by atoms with Gasteiger partial charge in [-0.15, -0.1) is 0 Å². The monoisotopic (exact) mass is 399 g/mol. The van der Waals surface area contributed by atoms with Gasteiger partial charge in [0, 0.05) is 54.4 Å². The number of H-pyrrole nitrogens is 1. The number of rotatable bonds is 2. The summed E-state index contributed by atoms with van der Waals surface area (Å²) in [5.41, 5.74) is 3.40. The smallest absolute Gasteiger partial charge is 0.270 e. The zero-order valence-electron chi connectivity index (χ0n) is 15.8. The molecule has 0 bridgehead atoms. The van der Waals surface area contributed by atoms with Gasteiger partial charge in [-0.05, 0) is 43.5 Å². The fourth-order valence-corrected chi connectivity index (χ4v) is 4.25. The number of ketones is 1. The van der Waals surface area contributed by atoms with Crippen molar-refractivity contribution in [3.8, 4) is 0 Å². The van der Waals surface area contributed by atoms with Crippen LogP contribution in [-0.2, 0) is 6.42 Å². The number of nitrogens with zero attached hydrogens (tertiary/aromatic N) is 2. The molecule has 1 aliphatic carbocycles. The van der Waals surface area contributed by atoms with Gasteiger partial charge in [-0.25, -0.2) is 0 Å². The van der Waals surface area contributed by atoms with Gasteiger partial charge in [-0.1, -0.05) is 17.7 Å². The number of aromatic nitrogens is 1. The van der Waals surface area contributed by atoms with E-state index in [4.69, 9.17) is 11.6 Å². The number of fused-ring (bicyclic) bond motifs is 1. The largest absolute Gasteiger partial charge is 0.354 e. The third-order valence-electron chi connectivity index (χ3n) is 5.58. The van der Waals surface area contributed by atoms with Crippen molar-refractivity contribution in [2.45, 2.75) is 26.2 Å². The van der Waals surface area contributed by atoms with E-state index in [1.165, 1.54) is 0 Å². The van der Waals surface area contributed by atoms with Crippen LogP contribution in [0, 0.1) is 6.92 Å². The second-order valence-corrected chi connectivity index (χ2v) is 7.79. The summed E-state index contributed by atoms with van der Waals surface area (Å²) in [5.74, 6) is -0.0627. The van der Waals surface area contributed by atoms with Gasteiger partial charge < -0.3 is 14.8 Å². The van der Waals surface area contributed by atoms with Crippen molar-refractivity contribution < 1.29 is 14.4 Å². The van der Waals surface area contributed by atoms with Crippen LogP contribution in [0.5, 0.6) is 0 Å². The predicted octanol–water partition coefficient (Wildman–Crippen LogP) is 3.09. The van der Waals surface area contributed by atoms with Gasteiger partial charge in [0.1, 0.15) is 5.69 Å². The second kappa shape index (κ2) is 7.43. The number of nitrogens with one attached hydrogen (secondary N) is 1. The highest BCUT2D eigenvalue weighted by Gasteiger charge is 2.30. The lowest BCUT2D eigenvalue weighted by Gasteiger charge is -2.34. The maximum absolute atomic E-state index is 13.0. The maximum Gasteiger partial charge on any atom is 0.270 e. The lowest BCUT2D eigenvalue weighted by molar-refractivity contribution is 0.0532. The molecule has 28 heavy (non-hydrogen) atoms. The van der Waals surface area contributed by atoms with Crippen LogP contribution in [0.15, 0.2) is 24.3 Å². The van der Waals surface area contributed by atoms with Crippen molar-refractivity contribution in [3.05, 3.63) is 57.4 Å². The van der Waals surface area contributed by atoms with Gasteiger partial charge in [0.05, 0.1) is 0 Å². The summed E-state index contributed by atoms with van der Waals surface area (Å²) >= 11 is 5.98. The minimum atomic E-state index is -0.102. The lowest BCUT2D eigenvalue weighted by Crippen LogP contribution is -2.50. The van der Waals surface area contributed by atoms with Gasteiger partial charge in [0.2, 0.25) is 0 Å². The SMILES string of the molecule is Cc1c(C(=O)N2CCN(C(=O)c3cccc(Cl)c3)CC2)[nH]c2c1C(=O)CCC2. The number of Topliss-reactive ketones (excluding diaryl/α,β-unsaturated/α-hetero) is 1. The van der Waals surface area contributed by atoms with Gasteiger partial charge in [0.25, 0.3) is 11.8 Å². The van der Waals surface area contributed by atoms with Crippen LogP contribution in [0.4, 0.5) is 0 Å². The molecule has 0 unspecified atom stereocenters. The summed E-state index contributed by atoms with van der Waals surface area (Å²) in [6, 6.07) is 6.89. The average molecular weight is 400 g/mol. The molecule has 1 aromatic heterocycles. The van der Waals surface area contributed by atoms with E-state index in [0.717, 1.165) is 24.1 Å². The maximum atomic E-state index is 13.0. The molecule has 4 rings (SSSR count). The molecule has 2 aliphatic rings. The first-order valence-corrected chi connectivity index (χ1v) is 9.92. The van der Waals surface area contributed by atoms with E-state index < -0.39 is 0 Å². The van der Waals surface area contributed by atoms with Crippen LogP contribution in [0.25, 0.3) is 0 Å². The Labute approximate surface area is 168 Å². The van der Waals surface area contributed by atoms with Crippen molar-refractivity contribution in [1.29, 1.82) is 0 Å². The fraction of sp³-hybridized carbons (Fsp3) is 0.381. The molecule has 0 atom stereocenters. The molecule has 1 aromatic carbocycles. The topological polar surface area (TPSA) is 73.5 Å². The van der Waals surface area contributed by atoms with E-state index in [9.17, 15) is 14.4 Å². The molecule has 0 spiro atoms. The highest BCUT2D eigenvalue weighted by molar-refractivity contribution is 6.30. The Hall–Kier alpha value is -2.60. The third-order valence-corrected chi connectivity index (χ3v) is 5.81. The van der Waals surface area contributed by atoms with Crippen LogP contribution in [0.2, 0.25) is 5.02 Å². The first-order valence-electron chi connectivity index (χ1n) is 9.54. The Kier molecular flexibility index (Phi) is 4.98. The Balaban J connectivity index is 1.45. The standard InChI is InChI=1S/C21H22ClN3O3/c1-13-18-16(6-3-7-17(18)26)23-19(13)21(28)25-10-8-24(9-11-25)20(27)14-4-2-5-15(22)12-14/h2,4-5,12,23H,3,6-11H2,1H3.